The lowest BCUT2D eigenvalue weighted by Crippen LogP contribution is -2.07. The van der Waals surface area contributed by atoms with Crippen molar-refractivity contribution in [2.45, 2.75) is 0 Å². The van der Waals surface area contributed by atoms with Gasteiger partial charge in [0.25, 0.3) is 5.88 Å². The van der Waals surface area contributed by atoms with E-state index in [0.717, 1.165) is 0 Å². The highest BCUT2D eigenvalue weighted by Gasteiger charge is 2.22. The molecule has 6 nitrogen and oxygen atoms in total. The van der Waals surface area contributed by atoms with Crippen LogP contribution in [0.15, 0.2) is 42.6 Å². The Kier molecular flexibility index (Phi) is 4.08. The average Bonchev–Trinajstić information content (AvgIpc) is 2.92. The van der Waals surface area contributed by atoms with Gasteiger partial charge in [-0.25, -0.2) is 4.79 Å². The Hall–Kier alpha value is -2.73. The van der Waals surface area contributed by atoms with Gasteiger partial charge in [-0.2, -0.15) is 4.98 Å². The summed E-state index contributed by atoms with van der Waals surface area (Å²) in [7, 11) is 2.88. The summed E-state index contributed by atoms with van der Waals surface area (Å²) in [5.41, 5.74) is 0.694. The molecule has 0 unspecified atom stereocenters. The molecule has 0 saturated heterocycles. The minimum absolute atomic E-state index is 0.143. The highest BCUT2D eigenvalue weighted by atomic mass is 35.5. The molecule has 0 bridgehead atoms. The van der Waals surface area contributed by atoms with E-state index in [1.807, 2.05) is 0 Å². The molecule has 0 atom stereocenters. The molecular formula is C16H13ClN2O4. The van der Waals surface area contributed by atoms with E-state index >= 15 is 0 Å². The summed E-state index contributed by atoms with van der Waals surface area (Å²) in [5, 5.41) is 0.469. The van der Waals surface area contributed by atoms with E-state index in [-0.39, 0.29) is 11.6 Å². The second-order valence-corrected chi connectivity index (χ2v) is 5.05. The first-order valence-corrected chi connectivity index (χ1v) is 7.08. The van der Waals surface area contributed by atoms with Crippen LogP contribution in [0.5, 0.6) is 17.4 Å². The van der Waals surface area contributed by atoms with Crippen LogP contribution in [0.2, 0.25) is 5.02 Å². The molecule has 23 heavy (non-hydrogen) atoms. The Bertz CT molecular complexity index is 858. The second kappa shape index (κ2) is 6.18. The van der Waals surface area contributed by atoms with E-state index in [9.17, 15) is 4.79 Å². The fraction of sp³-hybridized carbons (Fsp3) is 0.125. The molecule has 118 valence electrons. The third-order valence-corrected chi connectivity index (χ3v) is 3.43. The first kappa shape index (κ1) is 15.2. The van der Waals surface area contributed by atoms with Gasteiger partial charge in [0.15, 0.2) is 5.69 Å². The van der Waals surface area contributed by atoms with Crippen molar-refractivity contribution in [3.63, 3.8) is 0 Å². The first-order valence-electron chi connectivity index (χ1n) is 6.70. The lowest BCUT2D eigenvalue weighted by atomic mass is 10.3. The molecule has 2 aromatic heterocycles. The maximum absolute atomic E-state index is 12.1. The van der Waals surface area contributed by atoms with Crippen molar-refractivity contribution >= 4 is 23.2 Å². The smallest absolute Gasteiger partial charge is 0.360 e. The Morgan fingerprint density at radius 3 is 2.43 bits per heavy atom. The number of hydrogen-bond donors (Lipinski definition) is 0. The number of methoxy groups -OCH3 is 2. The SMILES string of the molecule is COC(=O)c1c(Oc2ccc(OC)cc2)nc2ccc(Cl)cn12. The Labute approximate surface area is 137 Å². The number of ether oxygens (including phenoxy) is 3. The standard InChI is InChI=1S/C16H13ClN2O4/c1-21-11-4-6-12(7-5-11)23-15-14(16(20)22-2)19-9-10(17)3-8-13(19)18-15/h3-9H,1-2H3. The van der Waals surface area contributed by atoms with E-state index in [2.05, 4.69) is 4.98 Å². The van der Waals surface area contributed by atoms with Gasteiger partial charge in [-0.1, -0.05) is 11.6 Å². The summed E-state index contributed by atoms with van der Waals surface area (Å²) in [6.07, 6.45) is 1.58. The van der Waals surface area contributed by atoms with Crippen molar-refractivity contribution in [1.29, 1.82) is 0 Å². The fourth-order valence-corrected chi connectivity index (χ4v) is 2.27. The van der Waals surface area contributed by atoms with Gasteiger partial charge < -0.3 is 14.2 Å². The van der Waals surface area contributed by atoms with Crippen molar-refractivity contribution in [3.8, 4) is 17.4 Å². The van der Waals surface area contributed by atoms with Crippen LogP contribution in [0, 0.1) is 0 Å². The first-order chi connectivity index (χ1) is 11.1. The van der Waals surface area contributed by atoms with E-state index in [4.69, 9.17) is 25.8 Å². The maximum Gasteiger partial charge on any atom is 0.360 e. The molecule has 0 spiro atoms. The number of carbonyl (C=O) groups excluding carboxylic acids is 1. The summed E-state index contributed by atoms with van der Waals surface area (Å²) in [5.74, 6) is 0.797. The van der Waals surface area contributed by atoms with Crippen molar-refractivity contribution in [1.82, 2.24) is 9.38 Å². The molecule has 0 aliphatic rings. The number of rotatable bonds is 4. The van der Waals surface area contributed by atoms with Crippen LogP contribution in [0.4, 0.5) is 0 Å². The minimum atomic E-state index is -0.566. The summed E-state index contributed by atoms with van der Waals surface area (Å²) in [4.78, 5) is 16.4. The molecule has 0 N–H and O–H groups in total. The lowest BCUT2D eigenvalue weighted by molar-refractivity contribution is 0.0589. The summed E-state index contributed by atoms with van der Waals surface area (Å²) in [6, 6.07) is 10.3. The van der Waals surface area contributed by atoms with Gasteiger partial charge in [-0.3, -0.25) is 4.40 Å². The summed E-state index contributed by atoms with van der Waals surface area (Å²) in [6.45, 7) is 0. The molecule has 0 radical (unpaired) electrons. The van der Waals surface area contributed by atoms with Crippen molar-refractivity contribution in [3.05, 3.63) is 53.3 Å². The number of aromatic nitrogens is 2. The average molecular weight is 333 g/mol. The predicted molar refractivity (Wildman–Crippen MR) is 84.6 cm³/mol. The molecule has 0 fully saturated rings. The zero-order chi connectivity index (χ0) is 16.4. The van der Waals surface area contributed by atoms with E-state index in [1.165, 1.54) is 11.5 Å². The van der Waals surface area contributed by atoms with E-state index in [0.29, 0.717) is 22.2 Å². The Morgan fingerprint density at radius 1 is 1.09 bits per heavy atom. The quantitative estimate of drug-likeness (QED) is 0.683. The van der Waals surface area contributed by atoms with Gasteiger partial charge in [0.1, 0.15) is 17.1 Å². The molecule has 1 aromatic carbocycles. The summed E-state index contributed by atoms with van der Waals surface area (Å²) >= 11 is 5.99. The third-order valence-electron chi connectivity index (χ3n) is 3.20. The monoisotopic (exact) mass is 332 g/mol. The van der Waals surface area contributed by atoms with Crippen molar-refractivity contribution in [2.75, 3.05) is 14.2 Å². The molecule has 0 aliphatic carbocycles. The predicted octanol–water partition coefficient (Wildman–Crippen LogP) is 3.58. The summed E-state index contributed by atoms with van der Waals surface area (Å²) < 4.78 is 17.2. The highest BCUT2D eigenvalue weighted by Crippen LogP contribution is 2.28. The third kappa shape index (κ3) is 2.93. The Morgan fingerprint density at radius 2 is 1.78 bits per heavy atom. The molecule has 3 aromatic rings. The van der Waals surface area contributed by atoms with Crippen LogP contribution in [0.3, 0.4) is 0 Å². The molecule has 2 heterocycles. The largest absolute Gasteiger partial charge is 0.497 e. The molecular weight excluding hydrogens is 320 g/mol. The van der Waals surface area contributed by atoms with Gasteiger partial charge >= 0.3 is 5.97 Å². The molecule has 0 aliphatic heterocycles. The number of nitrogens with zero attached hydrogens (tertiary/aromatic N) is 2. The minimum Gasteiger partial charge on any atom is -0.497 e. The van der Waals surface area contributed by atoms with Gasteiger partial charge in [-0.15, -0.1) is 0 Å². The van der Waals surface area contributed by atoms with Gasteiger partial charge in [0, 0.05) is 6.20 Å². The molecule has 0 amide bonds. The molecule has 7 heteroatoms. The number of esters is 1. The number of halogens is 1. The highest BCUT2D eigenvalue weighted by molar-refractivity contribution is 6.30. The van der Waals surface area contributed by atoms with Crippen LogP contribution >= 0.6 is 11.6 Å². The lowest BCUT2D eigenvalue weighted by Gasteiger charge is -2.06. The fourth-order valence-electron chi connectivity index (χ4n) is 2.11. The molecule has 3 rings (SSSR count). The van der Waals surface area contributed by atoms with E-state index < -0.39 is 5.97 Å². The number of fused-ring (bicyclic) bond motifs is 1. The van der Waals surface area contributed by atoms with Crippen LogP contribution in [-0.4, -0.2) is 29.6 Å². The van der Waals surface area contributed by atoms with Crippen molar-refractivity contribution in [2.24, 2.45) is 0 Å². The van der Waals surface area contributed by atoms with Crippen LogP contribution in [0.25, 0.3) is 5.65 Å². The number of benzene rings is 1. The van der Waals surface area contributed by atoms with Crippen LogP contribution in [0.1, 0.15) is 10.5 Å². The van der Waals surface area contributed by atoms with Gasteiger partial charge in [0.2, 0.25) is 0 Å². The van der Waals surface area contributed by atoms with Gasteiger partial charge in [-0.05, 0) is 36.4 Å². The zero-order valence-electron chi connectivity index (χ0n) is 12.4. The van der Waals surface area contributed by atoms with Crippen molar-refractivity contribution < 1.29 is 19.0 Å². The number of carbonyl (C=O) groups is 1. The number of pyridine rings is 1. The van der Waals surface area contributed by atoms with E-state index in [1.54, 1.807) is 49.7 Å². The molecule has 0 saturated carbocycles. The van der Waals surface area contributed by atoms with Crippen LogP contribution < -0.4 is 9.47 Å². The number of hydrogen-bond acceptors (Lipinski definition) is 5. The van der Waals surface area contributed by atoms with Crippen LogP contribution in [-0.2, 0) is 4.74 Å². The number of imidazole rings is 1. The second-order valence-electron chi connectivity index (χ2n) is 4.61. The zero-order valence-corrected chi connectivity index (χ0v) is 13.2. The Balaban J connectivity index is 2.06. The normalized spacial score (nSPS) is 10.6. The topological polar surface area (TPSA) is 62.1 Å². The maximum atomic E-state index is 12.1. The van der Waals surface area contributed by atoms with Gasteiger partial charge in [0.05, 0.1) is 19.2 Å².